The highest BCUT2D eigenvalue weighted by atomic mass is 32.2. The van der Waals surface area contributed by atoms with Crippen LogP contribution in [-0.4, -0.2) is 62.3 Å². The first kappa shape index (κ1) is 14.1. The number of morpholine rings is 1. The molecule has 0 bridgehead atoms. The average molecular weight is 307 g/mol. The van der Waals surface area contributed by atoms with Gasteiger partial charge in [0.15, 0.2) is 0 Å². The van der Waals surface area contributed by atoms with Crippen LogP contribution in [0.15, 0.2) is 4.34 Å². The SMILES string of the molecule is CNC(=O)Nc1nnc(S(=O)(=O)N2CCOCC2)s1. The molecule has 0 atom stereocenters. The Balaban J connectivity index is 2.14. The normalized spacial score (nSPS) is 17.1. The van der Waals surface area contributed by atoms with Crippen molar-refractivity contribution in [1.29, 1.82) is 0 Å². The Labute approximate surface area is 114 Å². The van der Waals surface area contributed by atoms with E-state index in [0.29, 0.717) is 26.3 Å². The summed E-state index contributed by atoms with van der Waals surface area (Å²) in [6.07, 6.45) is 0. The van der Waals surface area contributed by atoms with Crippen LogP contribution < -0.4 is 10.6 Å². The minimum Gasteiger partial charge on any atom is -0.379 e. The van der Waals surface area contributed by atoms with Crippen LogP contribution in [0.25, 0.3) is 0 Å². The van der Waals surface area contributed by atoms with Crippen molar-refractivity contribution < 1.29 is 17.9 Å². The van der Waals surface area contributed by atoms with Crippen LogP contribution >= 0.6 is 11.3 Å². The van der Waals surface area contributed by atoms with E-state index in [1.807, 2.05) is 0 Å². The van der Waals surface area contributed by atoms with Gasteiger partial charge in [0.25, 0.3) is 10.0 Å². The second kappa shape index (κ2) is 5.77. The number of aromatic nitrogens is 2. The number of ether oxygens (including phenoxy) is 1. The van der Waals surface area contributed by atoms with Crippen LogP contribution in [-0.2, 0) is 14.8 Å². The van der Waals surface area contributed by atoms with Gasteiger partial charge in [0.2, 0.25) is 9.47 Å². The summed E-state index contributed by atoms with van der Waals surface area (Å²) in [5.74, 6) is 0. The largest absolute Gasteiger partial charge is 0.379 e. The van der Waals surface area contributed by atoms with E-state index in [0.717, 1.165) is 11.3 Å². The van der Waals surface area contributed by atoms with Gasteiger partial charge in [0.1, 0.15) is 0 Å². The molecule has 1 aliphatic heterocycles. The average Bonchev–Trinajstić information content (AvgIpc) is 2.89. The number of carbonyl (C=O) groups excluding carboxylic acids is 1. The number of sulfonamides is 1. The van der Waals surface area contributed by atoms with Gasteiger partial charge in [-0.3, -0.25) is 5.32 Å². The molecule has 0 aliphatic carbocycles. The van der Waals surface area contributed by atoms with E-state index in [2.05, 4.69) is 20.8 Å². The van der Waals surface area contributed by atoms with Crippen molar-refractivity contribution in [2.45, 2.75) is 4.34 Å². The molecule has 9 nitrogen and oxygen atoms in total. The van der Waals surface area contributed by atoms with E-state index in [-0.39, 0.29) is 9.47 Å². The fraction of sp³-hybridized carbons (Fsp3) is 0.625. The molecular formula is C8H13N5O4S2. The van der Waals surface area contributed by atoms with Gasteiger partial charge < -0.3 is 10.1 Å². The summed E-state index contributed by atoms with van der Waals surface area (Å²) in [5.41, 5.74) is 0. The Hall–Kier alpha value is -1.30. The molecule has 0 unspecified atom stereocenters. The number of rotatable bonds is 3. The number of urea groups is 1. The fourth-order valence-corrected chi connectivity index (χ4v) is 3.86. The molecule has 2 heterocycles. The standard InChI is InChI=1S/C8H13N5O4S2/c1-9-6(14)10-7-11-12-8(18-7)19(15,16)13-2-4-17-5-3-13/h2-5H2,1H3,(H2,9,10,11,14). The second-order valence-corrected chi connectivity index (χ2v) is 6.68. The second-order valence-electron chi connectivity index (χ2n) is 3.59. The molecular weight excluding hydrogens is 294 g/mol. The molecule has 11 heteroatoms. The lowest BCUT2D eigenvalue weighted by Gasteiger charge is -2.24. The fourth-order valence-electron chi connectivity index (χ4n) is 1.42. The molecule has 19 heavy (non-hydrogen) atoms. The highest BCUT2D eigenvalue weighted by molar-refractivity contribution is 7.91. The van der Waals surface area contributed by atoms with Crippen molar-refractivity contribution in [1.82, 2.24) is 19.8 Å². The maximum atomic E-state index is 12.2. The Morgan fingerprint density at radius 1 is 1.37 bits per heavy atom. The summed E-state index contributed by atoms with van der Waals surface area (Å²) in [6, 6.07) is -0.480. The zero-order chi connectivity index (χ0) is 13.9. The molecule has 0 aromatic carbocycles. The first-order valence-electron chi connectivity index (χ1n) is 5.44. The van der Waals surface area contributed by atoms with Crippen molar-refractivity contribution in [3.63, 3.8) is 0 Å². The molecule has 1 aromatic heterocycles. The van der Waals surface area contributed by atoms with Crippen LogP contribution in [0.2, 0.25) is 0 Å². The Bertz CT molecular complexity index is 551. The highest BCUT2D eigenvalue weighted by Crippen LogP contribution is 2.23. The van der Waals surface area contributed by atoms with Gasteiger partial charge in [-0.2, -0.15) is 4.31 Å². The molecule has 0 spiro atoms. The molecule has 2 amide bonds. The first-order valence-corrected chi connectivity index (χ1v) is 7.70. The number of carbonyl (C=O) groups is 1. The zero-order valence-electron chi connectivity index (χ0n) is 10.1. The number of nitrogens with one attached hydrogen (secondary N) is 2. The lowest BCUT2D eigenvalue weighted by molar-refractivity contribution is 0.0730. The van der Waals surface area contributed by atoms with Crippen molar-refractivity contribution in [2.75, 3.05) is 38.7 Å². The highest BCUT2D eigenvalue weighted by Gasteiger charge is 2.30. The van der Waals surface area contributed by atoms with E-state index in [9.17, 15) is 13.2 Å². The van der Waals surface area contributed by atoms with Crippen molar-refractivity contribution in [3.05, 3.63) is 0 Å². The number of hydrogen-bond acceptors (Lipinski definition) is 7. The van der Waals surface area contributed by atoms with Crippen LogP contribution in [0, 0.1) is 0 Å². The molecule has 2 N–H and O–H groups in total. The van der Waals surface area contributed by atoms with E-state index in [4.69, 9.17) is 4.74 Å². The monoisotopic (exact) mass is 307 g/mol. The van der Waals surface area contributed by atoms with Gasteiger partial charge in [0, 0.05) is 20.1 Å². The smallest absolute Gasteiger partial charge is 0.320 e. The lowest BCUT2D eigenvalue weighted by atomic mass is 10.5. The molecule has 1 saturated heterocycles. The predicted octanol–water partition coefficient (Wildman–Crippen LogP) is -0.690. The van der Waals surface area contributed by atoms with Crippen molar-refractivity contribution >= 4 is 32.5 Å². The van der Waals surface area contributed by atoms with Crippen molar-refractivity contribution in [3.8, 4) is 0 Å². The summed E-state index contributed by atoms with van der Waals surface area (Å²) in [7, 11) is -2.21. The third-order valence-corrected chi connectivity index (χ3v) is 5.47. The van der Waals surface area contributed by atoms with Crippen LogP contribution in [0.4, 0.5) is 9.93 Å². The third kappa shape index (κ3) is 3.18. The molecule has 0 radical (unpaired) electrons. The molecule has 0 saturated carbocycles. The third-order valence-electron chi connectivity index (χ3n) is 2.38. The van der Waals surface area contributed by atoms with E-state index < -0.39 is 16.1 Å². The quantitative estimate of drug-likeness (QED) is 0.715. The zero-order valence-corrected chi connectivity index (χ0v) is 11.8. The Kier molecular flexibility index (Phi) is 4.29. The van der Waals surface area contributed by atoms with Crippen LogP contribution in [0.1, 0.15) is 0 Å². The first-order chi connectivity index (χ1) is 9.04. The van der Waals surface area contributed by atoms with Crippen LogP contribution in [0.3, 0.4) is 0 Å². The van der Waals surface area contributed by atoms with Gasteiger partial charge in [-0.15, -0.1) is 10.2 Å². The molecule has 1 aliphatic rings. The number of amides is 2. The number of nitrogens with zero attached hydrogens (tertiary/aromatic N) is 3. The Morgan fingerprint density at radius 2 is 2.05 bits per heavy atom. The van der Waals surface area contributed by atoms with Gasteiger partial charge in [-0.05, 0) is 0 Å². The predicted molar refractivity (Wildman–Crippen MR) is 67.6 cm³/mol. The molecule has 2 rings (SSSR count). The summed E-state index contributed by atoms with van der Waals surface area (Å²) >= 11 is 0.813. The van der Waals surface area contributed by atoms with E-state index in [1.54, 1.807) is 0 Å². The topological polar surface area (TPSA) is 114 Å². The maximum absolute atomic E-state index is 12.2. The molecule has 1 aromatic rings. The van der Waals surface area contributed by atoms with Gasteiger partial charge >= 0.3 is 6.03 Å². The minimum atomic E-state index is -3.66. The Morgan fingerprint density at radius 3 is 2.68 bits per heavy atom. The minimum absolute atomic E-state index is 0.131. The van der Waals surface area contributed by atoms with Gasteiger partial charge in [-0.1, -0.05) is 11.3 Å². The van der Waals surface area contributed by atoms with Crippen LogP contribution in [0.5, 0.6) is 0 Å². The van der Waals surface area contributed by atoms with E-state index in [1.165, 1.54) is 11.4 Å². The summed E-state index contributed by atoms with van der Waals surface area (Å²) in [4.78, 5) is 11.1. The number of anilines is 1. The molecule has 1 fully saturated rings. The van der Waals surface area contributed by atoms with Gasteiger partial charge in [0.05, 0.1) is 13.2 Å². The number of hydrogen-bond donors (Lipinski definition) is 2. The summed E-state index contributed by atoms with van der Waals surface area (Å²) < 4.78 is 30.7. The summed E-state index contributed by atoms with van der Waals surface area (Å²) in [6.45, 7) is 1.31. The van der Waals surface area contributed by atoms with Gasteiger partial charge in [-0.25, -0.2) is 13.2 Å². The maximum Gasteiger partial charge on any atom is 0.320 e. The van der Waals surface area contributed by atoms with E-state index >= 15 is 0 Å². The summed E-state index contributed by atoms with van der Waals surface area (Å²) in [5, 5.41) is 12.1. The van der Waals surface area contributed by atoms with Crippen molar-refractivity contribution in [2.24, 2.45) is 0 Å². The lowest BCUT2D eigenvalue weighted by Crippen LogP contribution is -2.40. The molecule has 106 valence electrons.